The van der Waals surface area contributed by atoms with Crippen LogP contribution >= 0.6 is 11.3 Å². The number of fused-ring (bicyclic) bond motifs is 1. The Morgan fingerprint density at radius 2 is 2.06 bits per heavy atom. The topological polar surface area (TPSA) is 93.5 Å². The minimum atomic E-state index is 0.300. The van der Waals surface area contributed by atoms with Gasteiger partial charge in [-0.1, -0.05) is 6.07 Å². The Bertz CT molecular complexity index is 1390. The molecule has 0 spiro atoms. The summed E-state index contributed by atoms with van der Waals surface area (Å²) in [5.41, 5.74) is 2.91. The first-order chi connectivity index (χ1) is 15.5. The first kappa shape index (κ1) is 20.2. The third kappa shape index (κ3) is 3.60. The van der Waals surface area contributed by atoms with Gasteiger partial charge >= 0.3 is 0 Å². The van der Waals surface area contributed by atoms with E-state index in [1.165, 1.54) is 0 Å². The molecule has 0 aliphatic rings. The van der Waals surface area contributed by atoms with E-state index in [2.05, 4.69) is 36.1 Å². The first-order valence-corrected chi connectivity index (χ1v) is 11.1. The van der Waals surface area contributed by atoms with Crippen LogP contribution < -0.4 is 10.1 Å². The van der Waals surface area contributed by atoms with Crippen LogP contribution in [0.15, 0.2) is 48.9 Å². The van der Waals surface area contributed by atoms with Crippen molar-refractivity contribution < 1.29 is 4.74 Å². The summed E-state index contributed by atoms with van der Waals surface area (Å²) >= 11 is 1.61. The van der Waals surface area contributed by atoms with Gasteiger partial charge in [0.1, 0.15) is 22.1 Å². The number of anilines is 2. The molecule has 0 fully saturated rings. The second-order valence-corrected chi connectivity index (χ2v) is 8.70. The molecule has 0 saturated carbocycles. The number of nitrogens with zero attached hydrogens (tertiary/aromatic N) is 5. The molecule has 0 aliphatic heterocycles. The van der Waals surface area contributed by atoms with Crippen LogP contribution in [0.5, 0.6) is 5.75 Å². The maximum absolute atomic E-state index is 5.37. The molecule has 0 aliphatic carbocycles. The van der Waals surface area contributed by atoms with Crippen molar-refractivity contribution in [1.82, 2.24) is 29.7 Å². The first-order valence-electron chi connectivity index (χ1n) is 10.3. The number of aromatic nitrogens is 6. The van der Waals surface area contributed by atoms with E-state index in [9.17, 15) is 0 Å². The molecule has 5 aromatic rings. The lowest BCUT2D eigenvalue weighted by Gasteiger charge is -2.10. The van der Waals surface area contributed by atoms with Crippen molar-refractivity contribution in [1.29, 1.82) is 0 Å². The molecule has 5 rings (SSSR count). The summed E-state index contributed by atoms with van der Waals surface area (Å²) in [4.78, 5) is 19.0. The molecule has 0 unspecified atom stereocenters. The van der Waals surface area contributed by atoms with Crippen LogP contribution in [0.2, 0.25) is 0 Å². The Morgan fingerprint density at radius 3 is 2.78 bits per heavy atom. The number of imidazole rings is 1. The zero-order valence-electron chi connectivity index (χ0n) is 18.2. The van der Waals surface area contributed by atoms with Crippen molar-refractivity contribution in [3.8, 4) is 28.0 Å². The molecule has 9 heteroatoms. The number of hydrogen-bond donors (Lipinski definition) is 2. The van der Waals surface area contributed by atoms with Gasteiger partial charge in [0, 0.05) is 36.4 Å². The molecular weight excluding hydrogens is 422 g/mol. The molecule has 8 nitrogen and oxygen atoms in total. The zero-order valence-corrected chi connectivity index (χ0v) is 19.1. The number of thiophene rings is 1. The maximum atomic E-state index is 5.37. The van der Waals surface area contributed by atoms with E-state index in [-0.39, 0.29) is 0 Å². The quantitative estimate of drug-likeness (QED) is 0.354. The van der Waals surface area contributed by atoms with E-state index in [4.69, 9.17) is 19.8 Å². The van der Waals surface area contributed by atoms with E-state index in [0.717, 1.165) is 43.6 Å². The number of rotatable bonds is 6. The van der Waals surface area contributed by atoms with Crippen LogP contribution in [-0.4, -0.2) is 36.8 Å². The molecule has 1 aromatic carbocycles. The highest BCUT2D eigenvalue weighted by Gasteiger charge is 2.20. The molecule has 4 heterocycles. The monoisotopic (exact) mass is 445 g/mol. The SMILES string of the molecule is COc1cccc(Nc2nc(-c3ncc[nH]3)nc3sc(-c4ccn(C(C)C)n4)c(C)c23)c1. The van der Waals surface area contributed by atoms with Gasteiger partial charge < -0.3 is 15.0 Å². The highest BCUT2D eigenvalue weighted by molar-refractivity contribution is 7.22. The highest BCUT2D eigenvalue weighted by Crippen LogP contribution is 2.41. The number of aromatic amines is 1. The fraction of sp³-hybridized carbons (Fsp3) is 0.217. The van der Waals surface area contributed by atoms with Crippen molar-refractivity contribution in [2.75, 3.05) is 12.4 Å². The summed E-state index contributed by atoms with van der Waals surface area (Å²) in [6.45, 7) is 6.33. The van der Waals surface area contributed by atoms with Gasteiger partial charge in [0.15, 0.2) is 11.6 Å². The van der Waals surface area contributed by atoms with Gasteiger partial charge in [-0.25, -0.2) is 15.0 Å². The number of nitrogens with one attached hydrogen (secondary N) is 2. The molecule has 2 N–H and O–H groups in total. The zero-order chi connectivity index (χ0) is 22.2. The van der Waals surface area contributed by atoms with Gasteiger partial charge in [0.25, 0.3) is 0 Å². The molecule has 32 heavy (non-hydrogen) atoms. The molecule has 0 atom stereocenters. The molecule has 162 valence electrons. The van der Waals surface area contributed by atoms with Crippen molar-refractivity contribution >= 4 is 33.1 Å². The van der Waals surface area contributed by atoms with E-state index in [1.807, 2.05) is 41.2 Å². The lowest BCUT2D eigenvalue weighted by molar-refractivity contribution is 0.415. The number of hydrogen-bond acceptors (Lipinski definition) is 7. The average molecular weight is 446 g/mol. The van der Waals surface area contributed by atoms with E-state index >= 15 is 0 Å². The Kier molecular flexibility index (Phi) is 5.10. The van der Waals surface area contributed by atoms with Crippen LogP contribution in [0.3, 0.4) is 0 Å². The minimum Gasteiger partial charge on any atom is -0.497 e. The number of methoxy groups -OCH3 is 1. The van der Waals surface area contributed by atoms with E-state index < -0.39 is 0 Å². The highest BCUT2D eigenvalue weighted by atomic mass is 32.1. The summed E-state index contributed by atoms with van der Waals surface area (Å²) in [5, 5.41) is 9.20. The molecular formula is C23H23N7OS. The van der Waals surface area contributed by atoms with Crippen molar-refractivity contribution in [2.24, 2.45) is 0 Å². The summed E-state index contributed by atoms with van der Waals surface area (Å²) in [7, 11) is 1.66. The summed E-state index contributed by atoms with van der Waals surface area (Å²) in [6.07, 6.45) is 5.47. The summed E-state index contributed by atoms with van der Waals surface area (Å²) < 4.78 is 7.34. The Labute approximate surface area is 189 Å². The van der Waals surface area contributed by atoms with E-state index in [0.29, 0.717) is 17.7 Å². The summed E-state index contributed by atoms with van der Waals surface area (Å²) in [5.74, 6) is 2.65. The van der Waals surface area contributed by atoms with Crippen LogP contribution in [0.25, 0.3) is 32.4 Å². The van der Waals surface area contributed by atoms with Gasteiger partial charge in [0.2, 0.25) is 0 Å². The second kappa shape index (κ2) is 8.08. The fourth-order valence-corrected chi connectivity index (χ4v) is 4.70. The molecule has 0 saturated heterocycles. The third-order valence-electron chi connectivity index (χ3n) is 5.20. The Hall–Kier alpha value is -3.72. The minimum absolute atomic E-state index is 0.300. The van der Waals surface area contributed by atoms with Crippen molar-refractivity contribution in [3.63, 3.8) is 0 Å². The van der Waals surface area contributed by atoms with Gasteiger partial charge in [-0.3, -0.25) is 4.68 Å². The van der Waals surface area contributed by atoms with Gasteiger partial charge in [-0.15, -0.1) is 11.3 Å². The van der Waals surface area contributed by atoms with Crippen LogP contribution in [0.4, 0.5) is 11.5 Å². The van der Waals surface area contributed by atoms with Gasteiger partial charge in [-0.2, -0.15) is 5.10 Å². The van der Waals surface area contributed by atoms with Crippen molar-refractivity contribution in [3.05, 3.63) is 54.5 Å². The number of benzene rings is 1. The smallest absolute Gasteiger partial charge is 0.199 e. The van der Waals surface area contributed by atoms with Crippen molar-refractivity contribution in [2.45, 2.75) is 26.8 Å². The molecule has 0 radical (unpaired) electrons. The largest absolute Gasteiger partial charge is 0.497 e. The Morgan fingerprint density at radius 1 is 1.19 bits per heavy atom. The maximum Gasteiger partial charge on any atom is 0.199 e. The van der Waals surface area contributed by atoms with Crippen LogP contribution in [0.1, 0.15) is 25.5 Å². The number of aryl methyl sites for hydroxylation is 1. The normalized spacial score (nSPS) is 11.4. The lowest BCUT2D eigenvalue weighted by Crippen LogP contribution is -2.00. The summed E-state index contributed by atoms with van der Waals surface area (Å²) in [6, 6.07) is 10.1. The average Bonchev–Trinajstić information content (AvgIpc) is 3.54. The predicted molar refractivity (Wildman–Crippen MR) is 128 cm³/mol. The second-order valence-electron chi connectivity index (χ2n) is 7.70. The van der Waals surface area contributed by atoms with E-state index in [1.54, 1.807) is 30.8 Å². The number of H-pyrrole nitrogens is 1. The standard InChI is InChI=1S/C23H23N7OS/c1-13(2)30-11-8-17(29-30)19-14(3)18-20(26-15-6-5-7-16(12-15)31-4)27-22(28-23(18)32-19)21-24-9-10-25-21/h5-13H,1-4H3,(H,24,25)(H,26,27,28). The molecule has 0 bridgehead atoms. The number of ether oxygens (including phenoxy) is 1. The fourth-order valence-electron chi connectivity index (χ4n) is 3.55. The molecule has 4 aromatic heterocycles. The third-order valence-corrected chi connectivity index (χ3v) is 6.41. The predicted octanol–water partition coefficient (Wildman–Crippen LogP) is 5.59. The lowest BCUT2D eigenvalue weighted by atomic mass is 10.1. The van der Waals surface area contributed by atoms with Gasteiger partial charge in [0.05, 0.1) is 17.4 Å². The molecule has 0 amide bonds. The van der Waals surface area contributed by atoms with Gasteiger partial charge in [-0.05, 0) is 44.5 Å². The Balaban J connectivity index is 1.68. The van der Waals surface area contributed by atoms with Crippen LogP contribution in [0, 0.1) is 6.92 Å². The van der Waals surface area contributed by atoms with Crippen LogP contribution in [-0.2, 0) is 0 Å².